The number of carbonyl (C=O) groups excluding carboxylic acids is 1. The van der Waals surface area contributed by atoms with Gasteiger partial charge in [-0.2, -0.15) is 18.4 Å². The van der Waals surface area contributed by atoms with Crippen LogP contribution in [0.4, 0.5) is 24.8 Å². The van der Waals surface area contributed by atoms with E-state index in [1.165, 1.54) is 36.1 Å². The van der Waals surface area contributed by atoms with Crippen LogP contribution in [0, 0.1) is 11.3 Å². The molecule has 0 saturated carbocycles. The number of sulfone groups is 1. The Hall–Kier alpha value is -4.38. The number of nitrogens with zero attached hydrogens (tertiary/aromatic N) is 5. The molecule has 0 unspecified atom stereocenters. The van der Waals surface area contributed by atoms with Crippen molar-refractivity contribution in [2.24, 2.45) is 0 Å². The van der Waals surface area contributed by atoms with Gasteiger partial charge in [-0.15, -0.1) is 5.10 Å². The van der Waals surface area contributed by atoms with E-state index < -0.39 is 39.3 Å². The van der Waals surface area contributed by atoms with Crippen molar-refractivity contribution in [3.05, 3.63) is 87.0 Å². The van der Waals surface area contributed by atoms with Crippen molar-refractivity contribution >= 4 is 27.4 Å². The van der Waals surface area contributed by atoms with Gasteiger partial charge in [0, 0.05) is 24.2 Å². The van der Waals surface area contributed by atoms with Gasteiger partial charge in [-0.1, -0.05) is 18.2 Å². The number of alkyl halides is 3. The van der Waals surface area contributed by atoms with E-state index in [1.807, 2.05) is 6.07 Å². The van der Waals surface area contributed by atoms with Crippen LogP contribution in [0.3, 0.4) is 0 Å². The Labute approximate surface area is 227 Å². The number of hydrogen-bond donors (Lipinski definition) is 0. The van der Waals surface area contributed by atoms with Crippen LogP contribution in [0.1, 0.15) is 36.1 Å². The van der Waals surface area contributed by atoms with Crippen LogP contribution >= 0.6 is 0 Å². The highest BCUT2D eigenvalue weighted by Crippen LogP contribution is 2.43. The number of anilines is 2. The minimum atomic E-state index is -4.66. The molecule has 40 heavy (non-hydrogen) atoms. The second-order valence-electron chi connectivity index (χ2n) is 9.17. The Kier molecular flexibility index (Phi) is 7.62. The van der Waals surface area contributed by atoms with Crippen LogP contribution in [0.15, 0.2) is 64.6 Å². The molecule has 0 spiro atoms. The molecule has 2 aromatic carbocycles. The third-order valence-corrected chi connectivity index (χ3v) is 7.42. The third kappa shape index (κ3) is 5.50. The number of aromatic nitrogens is 3. The van der Waals surface area contributed by atoms with Crippen LogP contribution in [-0.4, -0.2) is 47.9 Å². The highest BCUT2D eigenvalue weighted by molar-refractivity contribution is 7.90. The first-order chi connectivity index (χ1) is 18.8. The number of hydrogen-bond acceptors (Lipinski definition) is 8. The molecule has 10 nitrogen and oxygen atoms in total. The fourth-order valence-electron chi connectivity index (χ4n) is 4.56. The van der Waals surface area contributed by atoms with Crippen LogP contribution in [0.2, 0.25) is 0 Å². The van der Waals surface area contributed by atoms with E-state index in [9.17, 15) is 36.4 Å². The molecule has 210 valence electrons. The van der Waals surface area contributed by atoms with Crippen LogP contribution in [0.5, 0.6) is 0 Å². The smallest absolute Gasteiger partial charge is 0.416 e. The summed E-state index contributed by atoms with van der Waals surface area (Å²) in [4.78, 5) is 28.1. The van der Waals surface area contributed by atoms with Crippen molar-refractivity contribution in [1.29, 1.82) is 5.26 Å². The maximum Gasteiger partial charge on any atom is 0.416 e. The predicted octanol–water partition coefficient (Wildman–Crippen LogP) is 3.56. The largest absolute Gasteiger partial charge is 0.466 e. The monoisotopic (exact) mass is 575 g/mol. The first-order valence-corrected chi connectivity index (χ1v) is 14.0. The summed E-state index contributed by atoms with van der Waals surface area (Å²) < 4.78 is 71.2. The van der Waals surface area contributed by atoms with Crippen molar-refractivity contribution in [2.75, 3.05) is 24.0 Å². The van der Waals surface area contributed by atoms with Crippen molar-refractivity contribution < 1.29 is 31.1 Å². The van der Waals surface area contributed by atoms with E-state index in [0.29, 0.717) is 11.1 Å². The summed E-state index contributed by atoms with van der Waals surface area (Å²) >= 11 is 0. The Bertz CT molecular complexity index is 1700. The van der Waals surface area contributed by atoms with Gasteiger partial charge < -0.3 is 4.74 Å². The molecular formula is C26H24F3N5O5S. The molecule has 1 aliphatic heterocycles. The summed E-state index contributed by atoms with van der Waals surface area (Å²) in [7, 11) is -2.20. The highest BCUT2D eigenvalue weighted by Gasteiger charge is 2.41. The number of benzene rings is 2. The molecule has 1 aromatic heterocycles. The zero-order chi connectivity index (χ0) is 29.4. The van der Waals surface area contributed by atoms with Crippen molar-refractivity contribution in [2.45, 2.75) is 32.1 Å². The number of fused-ring (bicyclic) bond motifs is 1. The van der Waals surface area contributed by atoms with E-state index in [-0.39, 0.29) is 41.6 Å². The normalized spacial score (nSPS) is 15.5. The van der Waals surface area contributed by atoms with Gasteiger partial charge in [0.05, 0.1) is 35.6 Å². The average molecular weight is 576 g/mol. The number of halogens is 3. The van der Waals surface area contributed by atoms with Gasteiger partial charge in [-0.05, 0) is 49.2 Å². The summed E-state index contributed by atoms with van der Waals surface area (Å²) in [5.74, 6) is -1.13. The minimum Gasteiger partial charge on any atom is -0.466 e. The fourth-order valence-corrected chi connectivity index (χ4v) is 5.22. The number of carbonyl (C=O) groups is 1. The number of nitriles is 1. The predicted molar refractivity (Wildman–Crippen MR) is 138 cm³/mol. The maximum atomic E-state index is 13.7. The van der Waals surface area contributed by atoms with Crippen LogP contribution in [0.25, 0.3) is 0 Å². The number of esters is 1. The quantitative estimate of drug-likeness (QED) is 0.392. The minimum absolute atomic E-state index is 0.0125. The SMILES string of the molecule is COC(=O)C1=C(C)N(c2cccc(C(F)(F)F)c2)c2nn(CCCS(C)(=O)=O)c(=O)n2[C@@H]1c1ccc(C#N)cc1. The molecule has 1 aliphatic rings. The van der Waals surface area contributed by atoms with E-state index in [1.54, 1.807) is 12.1 Å². The molecule has 0 radical (unpaired) electrons. The molecule has 4 rings (SSSR count). The Morgan fingerprint density at radius 2 is 1.85 bits per heavy atom. The molecule has 0 saturated heterocycles. The Balaban J connectivity index is 1.99. The molecular weight excluding hydrogens is 551 g/mol. The summed E-state index contributed by atoms with van der Waals surface area (Å²) in [6.07, 6.45) is -3.55. The van der Waals surface area contributed by atoms with Gasteiger partial charge in [0.15, 0.2) is 0 Å². The van der Waals surface area contributed by atoms with E-state index >= 15 is 0 Å². The van der Waals surface area contributed by atoms with Crippen molar-refractivity contribution in [3.8, 4) is 6.07 Å². The molecule has 1 atom stereocenters. The number of allylic oxidation sites excluding steroid dienone is 1. The zero-order valence-electron chi connectivity index (χ0n) is 21.6. The van der Waals surface area contributed by atoms with Gasteiger partial charge >= 0.3 is 17.8 Å². The van der Waals surface area contributed by atoms with E-state index in [2.05, 4.69) is 5.10 Å². The zero-order valence-corrected chi connectivity index (χ0v) is 22.5. The molecule has 0 bridgehead atoms. The van der Waals surface area contributed by atoms with Gasteiger partial charge in [-0.25, -0.2) is 27.3 Å². The van der Waals surface area contributed by atoms with Crippen LogP contribution in [-0.2, 0) is 32.1 Å². The first kappa shape index (κ1) is 28.6. The second kappa shape index (κ2) is 10.6. The number of methoxy groups -OCH3 is 1. The summed E-state index contributed by atoms with van der Waals surface area (Å²) in [5.41, 5.74) is -0.800. The van der Waals surface area contributed by atoms with Crippen molar-refractivity contribution in [3.63, 3.8) is 0 Å². The standard InChI is InChI=1S/C26H24F3N5O5S/c1-16-21(23(35)39-2)22(18-10-8-17(15-30)9-11-18)34-24(31-32(25(34)36)12-5-13-40(3,37)38)33(16)20-7-4-6-19(14-20)26(27,28)29/h4,6-11,14,22H,5,12-13H2,1-3H3/t22-/m1/s1. The fraction of sp³-hybridized carbons (Fsp3) is 0.308. The molecule has 0 amide bonds. The topological polar surface area (TPSA) is 127 Å². The van der Waals surface area contributed by atoms with Crippen LogP contribution < -0.4 is 10.6 Å². The average Bonchev–Trinajstić information content (AvgIpc) is 3.21. The second-order valence-corrected chi connectivity index (χ2v) is 11.4. The molecule has 3 aromatic rings. The molecule has 14 heteroatoms. The summed E-state index contributed by atoms with van der Waals surface area (Å²) in [5, 5.41) is 13.6. The van der Waals surface area contributed by atoms with Crippen molar-refractivity contribution in [1.82, 2.24) is 14.3 Å². The Morgan fingerprint density at radius 3 is 2.42 bits per heavy atom. The molecule has 0 fully saturated rings. The number of aryl methyl sites for hydroxylation is 1. The number of ether oxygens (including phenoxy) is 1. The molecule has 2 heterocycles. The maximum absolute atomic E-state index is 13.7. The third-order valence-electron chi connectivity index (χ3n) is 6.39. The lowest BCUT2D eigenvalue weighted by Gasteiger charge is -2.35. The van der Waals surface area contributed by atoms with Gasteiger partial charge in [-0.3, -0.25) is 4.90 Å². The number of rotatable bonds is 7. The lowest BCUT2D eigenvalue weighted by Crippen LogP contribution is -2.38. The lowest BCUT2D eigenvalue weighted by atomic mass is 9.93. The van der Waals surface area contributed by atoms with Gasteiger partial charge in [0.25, 0.3) is 0 Å². The van der Waals surface area contributed by atoms with E-state index in [0.717, 1.165) is 34.7 Å². The molecule has 0 aliphatic carbocycles. The van der Waals surface area contributed by atoms with Gasteiger partial charge in [0.2, 0.25) is 5.95 Å². The van der Waals surface area contributed by atoms with E-state index in [4.69, 9.17) is 4.74 Å². The lowest BCUT2D eigenvalue weighted by molar-refractivity contribution is -0.138. The summed E-state index contributed by atoms with van der Waals surface area (Å²) in [6, 6.07) is 11.3. The first-order valence-electron chi connectivity index (χ1n) is 11.9. The highest BCUT2D eigenvalue weighted by atomic mass is 32.2. The molecule has 0 N–H and O–H groups in total. The Morgan fingerprint density at radius 1 is 1.18 bits per heavy atom. The van der Waals surface area contributed by atoms with Gasteiger partial charge in [0.1, 0.15) is 15.9 Å². The summed E-state index contributed by atoms with van der Waals surface area (Å²) in [6.45, 7) is 1.40.